The van der Waals surface area contributed by atoms with Gasteiger partial charge in [0.1, 0.15) is 0 Å². The van der Waals surface area contributed by atoms with Gasteiger partial charge in [-0.2, -0.15) is 0 Å². The second-order valence-electron chi connectivity index (χ2n) is 5.17. The monoisotopic (exact) mass is 378 g/mol. The molecule has 6 heteroatoms. The van der Waals surface area contributed by atoms with Crippen molar-refractivity contribution in [3.05, 3.63) is 32.2 Å². The zero-order valence-electron chi connectivity index (χ0n) is 11.5. The van der Waals surface area contributed by atoms with Crippen LogP contribution in [-0.2, 0) is 0 Å². The molecule has 0 radical (unpaired) electrons. The molecule has 110 valence electrons. The highest BCUT2D eigenvalue weighted by molar-refractivity contribution is 9.10. The lowest BCUT2D eigenvalue weighted by atomic mass is 10.1. The Hall–Kier alpha value is -0.290. The molecule has 20 heavy (non-hydrogen) atoms. The molecule has 0 spiro atoms. The summed E-state index contributed by atoms with van der Waals surface area (Å²) in [5, 5.41) is 0.927. The number of amides is 1. The Morgan fingerprint density at radius 3 is 2.30 bits per heavy atom. The molecule has 1 amide bonds. The summed E-state index contributed by atoms with van der Waals surface area (Å²) in [6.07, 6.45) is 0. The molecule has 0 N–H and O–H groups in total. The van der Waals surface area contributed by atoms with E-state index in [2.05, 4.69) is 34.7 Å². The van der Waals surface area contributed by atoms with Crippen LogP contribution in [0.2, 0.25) is 10.0 Å². The molecule has 1 aliphatic heterocycles. The Morgan fingerprint density at radius 2 is 1.75 bits per heavy atom. The average molecular weight is 380 g/mol. The average Bonchev–Trinajstić information content (AvgIpc) is 2.42. The van der Waals surface area contributed by atoms with E-state index in [0.29, 0.717) is 26.1 Å². The van der Waals surface area contributed by atoms with Crippen LogP contribution >= 0.6 is 39.1 Å². The first-order chi connectivity index (χ1) is 9.40. The molecule has 0 bridgehead atoms. The molecule has 1 aliphatic rings. The number of halogens is 3. The van der Waals surface area contributed by atoms with Crippen molar-refractivity contribution >= 4 is 45.0 Å². The minimum atomic E-state index is -0.0483. The zero-order chi connectivity index (χ0) is 14.9. The topological polar surface area (TPSA) is 23.6 Å². The summed E-state index contributed by atoms with van der Waals surface area (Å²) in [6.45, 7) is 7.57. The SMILES string of the molecule is CC(C)N1CCN(C(=O)c2cc(Cl)c(Br)cc2Cl)CC1. The van der Waals surface area contributed by atoms with Crippen LogP contribution in [0.15, 0.2) is 16.6 Å². The van der Waals surface area contributed by atoms with E-state index in [9.17, 15) is 4.79 Å². The third-order valence-corrected chi connectivity index (χ3v) is 5.08. The zero-order valence-corrected chi connectivity index (χ0v) is 14.6. The molecule has 1 fully saturated rings. The Bertz CT molecular complexity index is 514. The van der Waals surface area contributed by atoms with Crippen molar-refractivity contribution in [2.24, 2.45) is 0 Å². The van der Waals surface area contributed by atoms with Crippen LogP contribution in [0.3, 0.4) is 0 Å². The van der Waals surface area contributed by atoms with Gasteiger partial charge in [0, 0.05) is 36.7 Å². The van der Waals surface area contributed by atoms with Crippen molar-refractivity contribution in [2.75, 3.05) is 26.2 Å². The quantitative estimate of drug-likeness (QED) is 0.727. The van der Waals surface area contributed by atoms with Gasteiger partial charge in [0.2, 0.25) is 0 Å². The van der Waals surface area contributed by atoms with Crippen LogP contribution in [-0.4, -0.2) is 47.9 Å². The van der Waals surface area contributed by atoms with E-state index in [1.165, 1.54) is 0 Å². The second-order valence-corrected chi connectivity index (χ2v) is 6.84. The third-order valence-electron chi connectivity index (χ3n) is 3.57. The van der Waals surface area contributed by atoms with E-state index in [1.54, 1.807) is 12.1 Å². The fourth-order valence-electron chi connectivity index (χ4n) is 2.30. The number of rotatable bonds is 2. The molecule has 1 aromatic carbocycles. The van der Waals surface area contributed by atoms with Crippen LogP contribution in [0.1, 0.15) is 24.2 Å². The van der Waals surface area contributed by atoms with Crippen molar-refractivity contribution in [3.63, 3.8) is 0 Å². The summed E-state index contributed by atoms with van der Waals surface area (Å²) in [6, 6.07) is 3.81. The molecular formula is C14H17BrCl2N2O. The number of carbonyl (C=O) groups excluding carboxylic acids is 1. The Labute approximate surface area is 138 Å². The first-order valence-corrected chi connectivity index (χ1v) is 8.13. The molecule has 0 saturated carbocycles. The molecule has 3 nitrogen and oxygen atoms in total. The summed E-state index contributed by atoms with van der Waals surface area (Å²) >= 11 is 15.5. The van der Waals surface area contributed by atoms with Crippen LogP contribution in [0.4, 0.5) is 0 Å². The molecule has 2 rings (SSSR count). The molecule has 0 aliphatic carbocycles. The summed E-state index contributed by atoms with van der Waals surface area (Å²) in [4.78, 5) is 16.7. The van der Waals surface area contributed by atoms with Gasteiger partial charge in [-0.25, -0.2) is 0 Å². The van der Waals surface area contributed by atoms with Gasteiger partial charge in [-0.05, 0) is 41.9 Å². The smallest absolute Gasteiger partial charge is 0.255 e. The Morgan fingerprint density at radius 1 is 1.15 bits per heavy atom. The van der Waals surface area contributed by atoms with Crippen LogP contribution in [0, 0.1) is 0 Å². The van der Waals surface area contributed by atoms with E-state index in [0.717, 1.165) is 26.2 Å². The van der Waals surface area contributed by atoms with Gasteiger partial charge in [-0.15, -0.1) is 0 Å². The Balaban J connectivity index is 2.11. The minimum Gasteiger partial charge on any atom is -0.336 e. The maximum absolute atomic E-state index is 12.5. The normalized spacial score (nSPS) is 16.8. The van der Waals surface area contributed by atoms with E-state index in [1.807, 2.05) is 4.90 Å². The number of carbonyl (C=O) groups is 1. The van der Waals surface area contributed by atoms with Crippen molar-refractivity contribution in [1.82, 2.24) is 9.80 Å². The highest BCUT2D eigenvalue weighted by atomic mass is 79.9. The van der Waals surface area contributed by atoms with Gasteiger partial charge in [0.25, 0.3) is 5.91 Å². The molecule has 0 aromatic heterocycles. The molecule has 1 saturated heterocycles. The van der Waals surface area contributed by atoms with Gasteiger partial charge in [0.15, 0.2) is 0 Å². The predicted molar refractivity (Wildman–Crippen MR) is 86.8 cm³/mol. The fraction of sp³-hybridized carbons (Fsp3) is 0.500. The number of piperazine rings is 1. The van der Waals surface area contributed by atoms with E-state index >= 15 is 0 Å². The summed E-state index contributed by atoms with van der Waals surface area (Å²) in [5.41, 5.74) is 0.470. The van der Waals surface area contributed by atoms with Gasteiger partial charge < -0.3 is 4.90 Å². The van der Waals surface area contributed by atoms with E-state index in [4.69, 9.17) is 23.2 Å². The van der Waals surface area contributed by atoms with Crippen LogP contribution in [0.5, 0.6) is 0 Å². The fourth-order valence-corrected chi connectivity index (χ4v) is 3.18. The minimum absolute atomic E-state index is 0.0483. The molecular weight excluding hydrogens is 363 g/mol. The highest BCUT2D eigenvalue weighted by Gasteiger charge is 2.25. The lowest BCUT2D eigenvalue weighted by Crippen LogP contribution is -2.50. The number of nitrogens with zero attached hydrogens (tertiary/aromatic N) is 2. The first kappa shape index (κ1) is 16.1. The largest absolute Gasteiger partial charge is 0.336 e. The molecule has 1 aromatic rings. The predicted octanol–water partition coefficient (Wildman–Crippen LogP) is 3.92. The molecule has 0 atom stereocenters. The molecule has 0 unspecified atom stereocenters. The van der Waals surface area contributed by atoms with Gasteiger partial charge >= 0.3 is 0 Å². The van der Waals surface area contributed by atoms with Crippen molar-refractivity contribution in [2.45, 2.75) is 19.9 Å². The Kier molecular flexibility index (Phi) is 5.35. The first-order valence-electron chi connectivity index (χ1n) is 6.58. The summed E-state index contributed by atoms with van der Waals surface area (Å²) < 4.78 is 0.699. The van der Waals surface area contributed by atoms with Gasteiger partial charge in [-0.3, -0.25) is 9.69 Å². The lowest BCUT2D eigenvalue weighted by Gasteiger charge is -2.37. The summed E-state index contributed by atoms with van der Waals surface area (Å²) in [7, 11) is 0. The number of hydrogen-bond acceptors (Lipinski definition) is 2. The van der Waals surface area contributed by atoms with Crippen molar-refractivity contribution in [3.8, 4) is 0 Å². The molecule has 1 heterocycles. The maximum atomic E-state index is 12.5. The third kappa shape index (κ3) is 3.48. The van der Waals surface area contributed by atoms with Crippen LogP contribution in [0.25, 0.3) is 0 Å². The second kappa shape index (κ2) is 6.65. The number of benzene rings is 1. The van der Waals surface area contributed by atoms with Gasteiger partial charge in [0.05, 0.1) is 15.6 Å². The standard InChI is InChI=1S/C14H17BrCl2N2O/c1-9(2)18-3-5-19(6-4-18)14(20)10-7-13(17)11(15)8-12(10)16/h7-9H,3-6H2,1-2H3. The van der Waals surface area contributed by atoms with Crippen LogP contribution < -0.4 is 0 Å². The lowest BCUT2D eigenvalue weighted by molar-refractivity contribution is 0.0595. The van der Waals surface area contributed by atoms with Crippen molar-refractivity contribution in [1.29, 1.82) is 0 Å². The highest BCUT2D eigenvalue weighted by Crippen LogP contribution is 2.30. The maximum Gasteiger partial charge on any atom is 0.255 e. The van der Waals surface area contributed by atoms with E-state index in [-0.39, 0.29) is 5.91 Å². The van der Waals surface area contributed by atoms with Crippen molar-refractivity contribution < 1.29 is 4.79 Å². The van der Waals surface area contributed by atoms with Gasteiger partial charge in [-0.1, -0.05) is 23.2 Å². The summed E-state index contributed by atoms with van der Waals surface area (Å²) in [5.74, 6) is -0.0483. The van der Waals surface area contributed by atoms with E-state index < -0.39 is 0 Å². The number of hydrogen-bond donors (Lipinski definition) is 0.